The van der Waals surface area contributed by atoms with Gasteiger partial charge < -0.3 is 9.47 Å². The standard InChI is InChI=1S/C14H22O3/c1-7-8-11-9(2)16-10(3)12(11)13(15)17-14(4,5)6/h11H,2,7-8H2,1,3-6H3. The molecule has 0 N–H and O–H groups in total. The second-order valence-electron chi connectivity index (χ2n) is 5.38. The van der Waals surface area contributed by atoms with Crippen molar-refractivity contribution < 1.29 is 14.3 Å². The van der Waals surface area contributed by atoms with E-state index in [2.05, 4.69) is 13.5 Å². The molecular weight excluding hydrogens is 216 g/mol. The molecule has 0 aliphatic carbocycles. The molecule has 0 aromatic heterocycles. The molecule has 1 rings (SSSR count). The average molecular weight is 238 g/mol. The maximum Gasteiger partial charge on any atom is 0.338 e. The fourth-order valence-corrected chi connectivity index (χ4v) is 1.94. The molecule has 0 saturated heterocycles. The molecule has 0 bridgehead atoms. The molecule has 0 spiro atoms. The van der Waals surface area contributed by atoms with Crippen LogP contribution < -0.4 is 0 Å². The molecule has 1 heterocycles. The van der Waals surface area contributed by atoms with Crippen LogP contribution in [0, 0.1) is 5.92 Å². The lowest BCUT2D eigenvalue weighted by Gasteiger charge is -2.21. The molecule has 1 aliphatic heterocycles. The van der Waals surface area contributed by atoms with Gasteiger partial charge in [0.25, 0.3) is 0 Å². The first-order valence-electron chi connectivity index (χ1n) is 6.07. The van der Waals surface area contributed by atoms with Gasteiger partial charge in [0, 0.05) is 0 Å². The first kappa shape index (κ1) is 13.8. The lowest BCUT2D eigenvalue weighted by atomic mass is 9.94. The summed E-state index contributed by atoms with van der Waals surface area (Å²) in [5, 5.41) is 0. The molecule has 0 amide bonds. The van der Waals surface area contributed by atoms with E-state index in [1.54, 1.807) is 6.92 Å². The van der Waals surface area contributed by atoms with E-state index in [0.29, 0.717) is 17.1 Å². The summed E-state index contributed by atoms with van der Waals surface area (Å²) in [5.41, 5.74) is 0.150. The number of esters is 1. The minimum absolute atomic E-state index is 0.0187. The van der Waals surface area contributed by atoms with E-state index in [4.69, 9.17) is 9.47 Å². The third-order valence-electron chi connectivity index (χ3n) is 2.60. The first-order chi connectivity index (χ1) is 7.76. The summed E-state index contributed by atoms with van der Waals surface area (Å²) < 4.78 is 10.9. The van der Waals surface area contributed by atoms with Gasteiger partial charge in [-0.2, -0.15) is 0 Å². The van der Waals surface area contributed by atoms with Crippen LogP contribution in [0.1, 0.15) is 47.5 Å². The fourth-order valence-electron chi connectivity index (χ4n) is 1.94. The topological polar surface area (TPSA) is 35.5 Å². The van der Waals surface area contributed by atoms with Crippen LogP contribution >= 0.6 is 0 Å². The molecule has 1 atom stereocenters. The van der Waals surface area contributed by atoms with Crippen molar-refractivity contribution in [3.05, 3.63) is 23.7 Å². The molecule has 1 aliphatic rings. The van der Waals surface area contributed by atoms with Crippen molar-refractivity contribution in [3.63, 3.8) is 0 Å². The second-order valence-corrected chi connectivity index (χ2v) is 5.38. The summed E-state index contributed by atoms with van der Waals surface area (Å²) in [6, 6.07) is 0. The molecule has 0 saturated carbocycles. The SMILES string of the molecule is C=C1OC(C)=C(C(=O)OC(C)(C)C)C1CCC. The van der Waals surface area contributed by atoms with Crippen LogP contribution in [0.2, 0.25) is 0 Å². The largest absolute Gasteiger partial charge is 0.466 e. The Kier molecular flexibility index (Phi) is 4.02. The highest BCUT2D eigenvalue weighted by Crippen LogP contribution is 2.37. The van der Waals surface area contributed by atoms with E-state index in [0.717, 1.165) is 12.8 Å². The third-order valence-corrected chi connectivity index (χ3v) is 2.60. The highest BCUT2D eigenvalue weighted by atomic mass is 16.6. The Labute approximate surface area is 103 Å². The maximum atomic E-state index is 12.1. The van der Waals surface area contributed by atoms with Crippen molar-refractivity contribution in [2.45, 2.75) is 53.1 Å². The Hall–Kier alpha value is -1.25. The van der Waals surface area contributed by atoms with Gasteiger partial charge in [0.15, 0.2) is 0 Å². The van der Waals surface area contributed by atoms with Crippen molar-refractivity contribution in [1.29, 1.82) is 0 Å². The number of carbonyl (C=O) groups is 1. The lowest BCUT2D eigenvalue weighted by molar-refractivity contribution is -0.150. The van der Waals surface area contributed by atoms with Crippen LogP contribution in [0.15, 0.2) is 23.7 Å². The van der Waals surface area contributed by atoms with E-state index < -0.39 is 5.60 Å². The fraction of sp³-hybridized carbons (Fsp3) is 0.643. The number of carbonyl (C=O) groups excluding carboxylic acids is 1. The summed E-state index contributed by atoms with van der Waals surface area (Å²) in [5.74, 6) is 0.981. The van der Waals surface area contributed by atoms with Crippen LogP contribution in [0.5, 0.6) is 0 Å². The molecule has 3 nitrogen and oxygen atoms in total. The van der Waals surface area contributed by atoms with Gasteiger partial charge in [-0.25, -0.2) is 4.79 Å². The van der Waals surface area contributed by atoms with E-state index in [-0.39, 0.29) is 11.9 Å². The van der Waals surface area contributed by atoms with Gasteiger partial charge in [0.2, 0.25) is 0 Å². The van der Waals surface area contributed by atoms with E-state index >= 15 is 0 Å². The number of rotatable bonds is 3. The molecule has 17 heavy (non-hydrogen) atoms. The molecule has 0 radical (unpaired) electrons. The van der Waals surface area contributed by atoms with Gasteiger partial charge in [-0.05, 0) is 34.1 Å². The van der Waals surface area contributed by atoms with E-state index in [1.807, 2.05) is 20.8 Å². The Balaban J connectivity index is 2.90. The van der Waals surface area contributed by atoms with Crippen molar-refractivity contribution >= 4 is 5.97 Å². The summed E-state index contributed by atoms with van der Waals surface area (Å²) in [6.45, 7) is 13.3. The predicted molar refractivity (Wildman–Crippen MR) is 67.2 cm³/mol. The average Bonchev–Trinajstić information content (AvgIpc) is 2.39. The number of ether oxygens (including phenoxy) is 2. The van der Waals surface area contributed by atoms with Gasteiger partial charge >= 0.3 is 5.97 Å². The summed E-state index contributed by atoms with van der Waals surface area (Å²) in [6.07, 6.45) is 1.84. The molecule has 96 valence electrons. The first-order valence-corrected chi connectivity index (χ1v) is 6.07. The third kappa shape index (κ3) is 3.35. The summed E-state index contributed by atoms with van der Waals surface area (Å²) in [7, 11) is 0. The van der Waals surface area contributed by atoms with Crippen molar-refractivity contribution in [2.75, 3.05) is 0 Å². The lowest BCUT2D eigenvalue weighted by Crippen LogP contribution is -2.26. The van der Waals surface area contributed by atoms with Crippen LogP contribution in [0.3, 0.4) is 0 Å². The number of allylic oxidation sites excluding steroid dienone is 2. The van der Waals surface area contributed by atoms with Gasteiger partial charge in [0.05, 0.1) is 11.5 Å². The number of hydrogen-bond acceptors (Lipinski definition) is 3. The Morgan fingerprint density at radius 2 is 2.06 bits per heavy atom. The van der Waals surface area contributed by atoms with Crippen molar-refractivity contribution in [3.8, 4) is 0 Å². The Morgan fingerprint density at radius 1 is 1.47 bits per heavy atom. The van der Waals surface area contributed by atoms with E-state index in [9.17, 15) is 4.79 Å². The van der Waals surface area contributed by atoms with Crippen molar-refractivity contribution in [1.82, 2.24) is 0 Å². The number of hydrogen-bond donors (Lipinski definition) is 0. The van der Waals surface area contributed by atoms with Crippen LogP contribution in [-0.2, 0) is 14.3 Å². The molecule has 0 aromatic rings. The van der Waals surface area contributed by atoms with Crippen molar-refractivity contribution in [2.24, 2.45) is 5.92 Å². The highest BCUT2D eigenvalue weighted by Gasteiger charge is 2.35. The molecule has 0 aromatic carbocycles. The monoisotopic (exact) mass is 238 g/mol. The molecular formula is C14H22O3. The molecule has 0 fully saturated rings. The Bertz CT molecular complexity index is 358. The molecule has 3 heteroatoms. The van der Waals surface area contributed by atoms with Gasteiger partial charge in [0.1, 0.15) is 17.1 Å². The van der Waals surface area contributed by atoms with Gasteiger partial charge in [-0.1, -0.05) is 19.9 Å². The second kappa shape index (κ2) is 4.94. The van der Waals surface area contributed by atoms with Crippen LogP contribution in [0.25, 0.3) is 0 Å². The summed E-state index contributed by atoms with van der Waals surface area (Å²) in [4.78, 5) is 12.1. The summed E-state index contributed by atoms with van der Waals surface area (Å²) >= 11 is 0. The van der Waals surface area contributed by atoms with Gasteiger partial charge in [-0.15, -0.1) is 0 Å². The Morgan fingerprint density at radius 3 is 2.53 bits per heavy atom. The quantitative estimate of drug-likeness (QED) is 0.705. The van der Waals surface area contributed by atoms with Gasteiger partial charge in [-0.3, -0.25) is 0 Å². The van der Waals surface area contributed by atoms with E-state index in [1.165, 1.54) is 0 Å². The minimum Gasteiger partial charge on any atom is -0.466 e. The minimum atomic E-state index is -0.481. The van der Waals surface area contributed by atoms with Crippen LogP contribution in [0.4, 0.5) is 0 Å². The highest BCUT2D eigenvalue weighted by molar-refractivity contribution is 5.91. The normalized spacial score (nSPS) is 20.5. The zero-order valence-electron chi connectivity index (χ0n) is 11.4. The zero-order valence-corrected chi connectivity index (χ0v) is 11.4. The predicted octanol–water partition coefficient (Wildman–Crippen LogP) is 3.56. The molecule has 1 unspecified atom stereocenters. The zero-order chi connectivity index (χ0) is 13.2. The smallest absolute Gasteiger partial charge is 0.338 e. The maximum absolute atomic E-state index is 12.1. The van der Waals surface area contributed by atoms with Crippen LogP contribution in [-0.4, -0.2) is 11.6 Å².